The fourth-order valence-electron chi connectivity index (χ4n) is 5.20. The van der Waals surface area contributed by atoms with Gasteiger partial charge in [-0.05, 0) is 56.4 Å². The topological polar surface area (TPSA) is 76.1 Å². The molecule has 33 heavy (non-hydrogen) atoms. The van der Waals surface area contributed by atoms with E-state index >= 15 is 0 Å². The van der Waals surface area contributed by atoms with Crippen molar-refractivity contribution < 1.29 is 19.3 Å². The van der Waals surface area contributed by atoms with Gasteiger partial charge < -0.3 is 29.5 Å². The Morgan fingerprint density at radius 1 is 1.18 bits per heavy atom. The zero-order valence-corrected chi connectivity index (χ0v) is 19.7. The number of anilines is 3. The molecule has 3 aliphatic heterocycles. The molecule has 1 aromatic heterocycles. The number of pyridine rings is 1. The van der Waals surface area contributed by atoms with Crippen molar-refractivity contribution >= 4 is 17.2 Å². The van der Waals surface area contributed by atoms with Crippen molar-refractivity contribution in [2.75, 3.05) is 30.0 Å². The van der Waals surface area contributed by atoms with Gasteiger partial charge >= 0.3 is 0 Å². The van der Waals surface area contributed by atoms with Crippen LogP contribution in [0.5, 0.6) is 0 Å². The first-order chi connectivity index (χ1) is 16.0. The summed E-state index contributed by atoms with van der Waals surface area (Å²) in [6.07, 6.45) is 2.64. The molecule has 0 aliphatic carbocycles. The summed E-state index contributed by atoms with van der Waals surface area (Å²) in [5, 5.41) is 15.1. The molecular weight excluding hydrogens is 418 g/mol. The Kier molecular flexibility index (Phi) is 6.56. The lowest BCUT2D eigenvalue weighted by molar-refractivity contribution is -0.131. The zero-order chi connectivity index (χ0) is 22.9. The summed E-state index contributed by atoms with van der Waals surface area (Å²) in [5.41, 5.74) is 4.20. The molecule has 0 saturated carbocycles. The van der Waals surface area contributed by atoms with Crippen LogP contribution in [0, 0.1) is 5.92 Å². The summed E-state index contributed by atoms with van der Waals surface area (Å²) in [6, 6.07) is 10.5. The lowest BCUT2D eigenvalue weighted by Gasteiger charge is -2.38. The summed E-state index contributed by atoms with van der Waals surface area (Å²) in [5.74, 6) is 1.66. The van der Waals surface area contributed by atoms with E-state index in [1.165, 1.54) is 5.56 Å². The van der Waals surface area contributed by atoms with Crippen LogP contribution >= 0.6 is 0 Å². The maximum absolute atomic E-state index is 11.6. The third-order valence-corrected chi connectivity index (χ3v) is 7.00. The number of hydrogen-bond acceptors (Lipinski definition) is 7. The number of benzene rings is 1. The Labute approximate surface area is 196 Å². The lowest BCUT2D eigenvalue weighted by atomic mass is 9.89. The fraction of sp³-hybridized carbons (Fsp3) is 0.577. The second-order valence-corrected chi connectivity index (χ2v) is 9.83. The number of nitrogens with one attached hydrogen (secondary N) is 1. The molecule has 2 N–H and O–H groups in total. The van der Waals surface area contributed by atoms with Gasteiger partial charge in [0, 0.05) is 30.8 Å². The van der Waals surface area contributed by atoms with E-state index in [4.69, 9.17) is 14.2 Å². The Bertz CT molecular complexity index is 960. The first-order valence-corrected chi connectivity index (χ1v) is 12.1. The van der Waals surface area contributed by atoms with Gasteiger partial charge in [0.1, 0.15) is 11.9 Å². The predicted molar refractivity (Wildman–Crippen MR) is 128 cm³/mol. The zero-order valence-electron chi connectivity index (χ0n) is 19.7. The minimum Gasteiger partial charge on any atom is -0.381 e. The molecule has 2 fully saturated rings. The maximum atomic E-state index is 11.6. The first-order valence-electron chi connectivity index (χ1n) is 12.1. The highest BCUT2D eigenvalue weighted by Crippen LogP contribution is 2.41. The van der Waals surface area contributed by atoms with Crippen LogP contribution in [0.3, 0.4) is 0 Å². The van der Waals surface area contributed by atoms with Gasteiger partial charge in [0.05, 0.1) is 36.8 Å². The third kappa shape index (κ3) is 4.73. The average Bonchev–Trinajstić information content (AvgIpc) is 3.16. The van der Waals surface area contributed by atoms with E-state index in [1.54, 1.807) is 6.20 Å². The van der Waals surface area contributed by atoms with E-state index in [-0.39, 0.29) is 18.3 Å². The molecule has 0 bridgehead atoms. The lowest BCUT2D eigenvalue weighted by Crippen LogP contribution is -2.48. The van der Waals surface area contributed by atoms with Crippen LogP contribution in [0.25, 0.3) is 0 Å². The number of hydrogen-bond donors (Lipinski definition) is 2. The van der Waals surface area contributed by atoms with Gasteiger partial charge in [0.15, 0.2) is 6.23 Å². The van der Waals surface area contributed by atoms with Crippen LogP contribution in [0.4, 0.5) is 17.2 Å². The van der Waals surface area contributed by atoms with Gasteiger partial charge in [-0.25, -0.2) is 4.98 Å². The van der Waals surface area contributed by atoms with Gasteiger partial charge in [0.2, 0.25) is 0 Å². The van der Waals surface area contributed by atoms with Crippen molar-refractivity contribution in [2.24, 2.45) is 5.92 Å². The highest BCUT2D eigenvalue weighted by atomic mass is 16.6. The molecule has 5 atom stereocenters. The molecular formula is C26H35N3O4. The first kappa shape index (κ1) is 22.6. The molecule has 0 radical (unpaired) electrons. The normalized spacial score (nSPS) is 28.1. The van der Waals surface area contributed by atoms with Crippen LogP contribution in [0.15, 0.2) is 36.5 Å². The highest BCUT2D eigenvalue weighted by molar-refractivity contribution is 5.78. The van der Waals surface area contributed by atoms with Crippen molar-refractivity contribution in [3.63, 3.8) is 0 Å². The molecule has 0 spiro atoms. The standard InChI is InChI=1S/C26H35N3O4/c1-16(2)33-20-7-9-24(32-14-20)26(30)29-12-19-5-4-10-27-25(19)28-22-8-6-18(11-23(22)29)21-15-31-13-17(21)3/h4-6,8,10-11,16-17,20-21,24,26,30H,7,9,12-15H2,1-3H3,(H,27,28)/t17-,20-,21+,24+,26?/m0/s1. The molecule has 1 unspecified atom stereocenters. The maximum Gasteiger partial charge on any atom is 0.153 e. The summed E-state index contributed by atoms with van der Waals surface area (Å²) in [6.45, 7) is 8.91. The van der Waals surface area contributed by atoms with E-state index in [2.05, 4.69) is 46.4 Å². The molecule has 3 aliphatic rings. The fourth-order valence-corrected chi connectivity index (χ4v) is 5.20. The summed E-state index contributed by atoms with van der Waals surface area (Å²) in [4.78, 5) is 6.61. The van der Waals surface area contributed by atoms with Crippen molar-refractivity contribution in [3.05, 3.63) is 47.7 Å². The molecule has 5 rings (SSSR count). The van der Waals surface area contributed by atoms with Crippen molar-refractivity contribution in [2.45, 2.75) is 70.6 Å². The smallest absolute Gasteiger partial charge is 0.153 e. The monoisotopic (exact) mass is 453 g/mol. The van der Waals surface area contributed by atoms with Gasteiger partial charge in [-0.1, -0.05) is 19.1 Å². The SMILES string of the molecule is CC(C)O[C@H]1CC[C@H](C(O)N2Cc3cccnc3Nc3ccc([C@@H]4COC[C@@H]4C)cc32)OC1. The van der Waals surface area contributed by atoms with Crippen LogP contribution in [-0.2, 0) is 20.8 Å². The van der Waals surface area contributed by atoms with Crippen molar-refractivity contribution in [1.82, 2.24) is 4.98 Å². The Morgan fingerprint density at radius 2 is 2.06 bits per heavy atom. The van der Waals surface area contributed by atoms with Gasteiger partial charge in [-0.15, -0.1) is 0 Å². The number of fused-ring (bicyclic) bond motifs is 2. The van der Waals surface area contributed by atoms with Gasteiger partial charge in [-0.3, -0.25) is 0 Å². The van der Waals surface area contributed by atoms with Crippen LogP contribution in [0.1, 0.15) is 50.7 Å². The van der Waals surface area contributed by atoms with Crippen LogP contribution in [0.2, 0.25) is 0 Å². The third-order valence-electron chi connectivity index (χ3n) is 7.00. The van der Waals surface area contributed by atoms with Gasteiger partial charge in [-0.2, -0.15) is 0 Å². The van der Waals surface area contributed by atoms with Crippen LogP contribution in [-0.4, -0.2) is 54.5 Å². The average molecular weight is 454 g/mol. The minimum absolute atomic E-state index is 0.0897. The Hall–Kier alpha value is -2.19. The van der Waals surface area contributed by atoms with E-state index < -0.39 is 6.23 Å². The second-order valence-electron chi connectivity index (χ2n) is 9.83. The van der Waals surface area contributed by atoms with Gasteiger partial charge in [0.25, 0.3) is 0 Å². The van der Waals surface area contributed by atoms with Crippen molar-refractivity contribution in [1.29, 1.82) is 0 Å². The molecule has 4 heterocycles. The van der Waals surface area contributed by atoms with E-state index in [9.17, 15) is 5.11 Å². The Morgan fingerprint density at radius 3 is 2.79 bits per heavy atom. The predicted octanol–water partition coefficient (Wildman–Crippen LogP) is 4.19. The van der Waals surface area contributed by atoms with E-state index in [1.807, 2.05) is 19.9 Å². The quantitative estimate of drug-likeness (QED) is 0.703. The number of rotatable bonds is 5. The summed E-state index contributed by atoms with van der Waals surface area (Å²) < 4.78 is 17.8. The molecule has 178 valence electrons. The minimum atomic E-state index is -0.774. The molecule has 1 aromatic carbocycles. The molecule has 2 aromatic rings. The number of ether oxygens (including phenoxy) is 3. The number of aliphatic hydroxyl groups excluding tert-OH is 1. The Balaban J connectivity index is 1.44. The summed E-state index contributed by atoms with van der Waals surface area (Å²) in [7, 11) is 0. The second kappa shape index (κ2) is 9.58. The highest BCUT2D eigenvalue weighted by Gasteiger charge is 2.35. The van der Waals surface area contributed by atoms with E-state index in [0.717, 1.165) is 48.8 Å². The van der Waals surface area contributed by atoms with E-state index in [0.29, 0.717) is 25.0 Å². The molecule has 0 amide bonds. The number of aliphatic hydroxyl groups is 1. The molecule has 7 nitrogen and oxygen atoms in total. The molecule has 2 saturated heterocycles. The number of aromatic nitrogens is 1. The van der Waals surface area contributed by atoms with Crippen molar-refractivity contribution in [3.8, 4) is 0 Å². The number of nitrogens with zero attached hydrogens (tertiary/aromatic N) is 2. The van der Waals surface area contributed by atoms with Crippen LogP contribution < -0.4 is 10.2 Å². The molecule has 7 heteroatoms. The summed E-state index contributed by atoms with van der Waals surface area (Å²) >= 11 is 0. The largest absolute Gasteiger partial charge is 0.381 e.